The van der Waals surface area contributed by atoms with Crippen molar-refractivity contribution in [2.24, 2.45) is 0 Å². The van der Waals surface area contributed by atoms with Crippen LogP contribution in [-0.2, 0) is 0 Å². The molecule has 0 bridgehead atoms. The summed E-state index contributed by atoms with van der Waals surface area (Å²) in [5.41, 5.74) is 3.15. The predicted molar refractivity (Wildman–Crippen MR) is 104 cm³/mol. The maximum Gasteiger partial charge on any atom is 0.332 e. The first-order valence-corrected chi connectivity index (χ1v) is 8.60. The van der Waals surface area contributed by atoms with Gasteiger partial charge in [0.05, 0.1) is 23.8 Å². The first kappa shape index (κ1) is 16.1. The molecule has 0 aliphatic carbocycles. The Morgan fingerprint density at radius 1 is 1.00 bits per heavy atom. The molecule has 8 nitrogen and oxygen atoms in total. The lowest BCUT2D eigenvalue weighted by molar-refractivity contribution is 0.418. The van der Waals surface area contributed by atoms with Crippen LogP contribution in [0.25, 0.3) is 27.9 Å². The van der Waals surface area contributed by atoms with Gasteiger partial charge in [-0.25, -0.2) is 14.3 Å². The summed E-state index contributed by atoms with van der Waals surface area (Å²) in [5.74, 6) is 1.16. The Kier molecular flexibility index (Phi) is 3.61. The zero-order valence-electron chi connectivity index (χ0n) is 14.8. The van der Waals surface area contributed by atoms with E-state index in [-0.39, 0.29) is 5.69 Å². The predicted octanol–water partition coefficient (Wildman–Crippen LogP) is 3.39. The number of rotatable bonds is 4. The largest absolute Gasteiger partial charge is 0.494 e. The number of imidazole rings is 2. The van der Waals surface area contributed by atoms with Crippen LogP contribution < -0.4 is 15.2 Å². The summed E-state index contributed by atoms with van der Waals surface area (Å²) >= 11 is 0. The van der Waals surface area contributed by atoms with Crippen molar-refractivity contribution in [1.29, 1.82) is 0 Å². The zero-order chi connectivity index (χ0) is 19.1. The van der Waals surface area contributed by atoms with Gasteiger partial charge in [0.1, 0.15) is 17.0 Å². The quantitative estimate of drug-likeness (QED) is 0.503. The Bertz CT molecular complexity index is 1320. The van der Waals surface area contributed by atoms with E-state index >= 15 is 0 Å². The van der Waals surface area contributed by atoms with Crippen molar-refractivity contribution >= 4 is 22.2 Å². The highest BCUT2D eigenvalue weighted by atomic mass is 16.5. The average Bonchev–Trinajstić information content (AvgIpc) is 3.28. The first-order chi connectivity index (χ1) is 13.7. The maximum absolute atomic E-state index is 12.4. The second-order valence-electron chi connectivity index (χ2n) is 6.13. The molecule has 3 heterocycles. The molecule has 0 radical (unpaired) electrons. The molecule has 0 aliphatic heterocycles. The fourth-order valence-electron chi connectivity index (χ4n) is 3.14. The number of hydrogen-bond acceptors (Lipinski definition) is 5. The van der Waals surface area contributed by atoms with Crippen LogP contribution >= 0.6 is 0 Å². The molecule has 5 rings (SSSR count). The van der Waals surface area contributed by atoms with Crippen LogP contribution in [0.4, 0.5) is 0 Å². The van der Waals surface area contributed by atoms with Crippen molar-refractivity contribution in [3.05, 3.63) is 71.3 Å². The summed E-state index contributed by atoms with van der Waals surface area (Å²) in [5, 5.41) is 0. The van der Waals surface area contributed by atoms with Crippen LogP contribution in [0.3, 0.4) is 0 Å². The average molecular weight is 373 g/mol. The minimum atomic E-state index is -0.294. The van der Waals surface area contributed by atoms with Crippen molar-refractivity contribution in [2.45, 2.75) is 0 Å². The molecule has 3 aromatic heterocycles. The van der Waals surface area contributed by atoms with Gasteiger partial charge in [-0.3, -0.25) is 0 Å². The normalized spacial score (nSPS) is 11.2. The Hall–Kier alpha value is -4.07. The highest BCUT2D eigenvalue weighted by molar-refractivity contribution is 5.79. The molecule has 0 unspecified atom stereocenters. The van der Waals surface area contributed by atoms with Crippen molar-refractivity contribution in [1.82, 2.24) is 24.5 Å². The molecule has 138 valence electrons. The molecule has 0 amide bonds. The number of H-pyrrole nitrogens is 2. The van der Waals surface area contributed by atoms with Gasteiger partial charge in [-0.1, -0.05) is 12.1 Å². The number of nitrogens with one attached hydrogen (secondary N) is 2. The number of nitrogens with zero attached hydrogens (tertiary/aromatic N) is 3. The molecule has 2 N–H and O–H groups in total. The molecule has 0 aliphatic rings. The molecule has 0 atom stereocenters. The summed E-state index contributed by atoms with van der Waals surface area (Å²) in [6.45, 7) is 0. The van der Waals surface area contributed by atoms with E-state index in [0.29, 0.717) is 34.4 Å². The van der Waals surface area contributed by atoms with Crippen molar-refractivity contribution in [3.8, 4) is 23.2 Å². The third-order valence-electron chi connectivity index (χ3n) is 4.44. The van der Waals surface area contributed by atoms with Crippen LogP contribution in [0, 0.1) is 0 Å². The van der Waals surface area contributed by atoms with Gasteiger partial charge in [0.15, 0.2) is 5.65 Å². The van der Waals surface area contributed by atoms with Gasteiger partial charge in [0, 0.05) is 12.3 Å². The highest BCUT2D eigenvalue weighted by Gasteiger charge is 2.14. The lowest BCUT2D eigenvalue weighted by Gasteiger charge is -2.06. The lowest BCUT2D eigenvalue weighted by Crippen LogP contribution is -2.14. The molecule has 28 heavy (non-hydrogen) atoms. The summed E-state index contributed by atoms with van der Waals surface area (Å²) in [6, 6.07) is 16.9. The lowest BCUT2D eigenvalue weighted by atomic mass is 10.3. The van der Waals surface area contributed by atoms with E-state index in [9.17, 15) is 4.79 Å². The number of para-hydroxylation sites is 2. The van der Waals surface area contributed by atoms with Crippen LogP contribution in [0.5, 0.6) is 17.5 Å². The smallest absolute Gasteiger partial charge is 0.332 e. The van der Waals surface area contributed by atoms with E-state index in [1.165, 1.54) is 4.57 Å². The van der Waals surface area contributed by atoms with Crippen LogP contribution in [0.2, 0.25) is 0 Å². The fraction of sp³-hybridized carbons (Fsp3) is 0.0500. The summed E-state index contributed by atoms with van der Waals surface area (Å²) in [4.78, 5) is 27.1. The molecule has 2 aromatic carbocycles. The molecule has 5 aromatic rings. The van der Waals surface area contributed by atoms with E-state index in [1.807, 2.05) is 24.3 Å². The van der Waals surface area contributed by atoms with Crippen molar-refractivity contribution in [3.63, 3.8) is 0 Å². The molecular formula is C20H15N5O3. The molecule has 0 saturated heterocycles. The Balaban J connectivity index is 1.49. The molecule has 0 fully saturated rings. The SMILES string of the molecule is COc1ccnc2c1[nH]c(=O)n2-c1ccc(Oc2nc3ccccc3[nH]2)cc1. The van der Waals surface area contributed by atoms with E-state index in [1.54, 1.807) is 43.6 Å². The standard InChI is InChI=1S/C20H15N5O3/c1-27-16-10-11-21-18-17(16)24-20(26)25(18)12-6-8-13(9-7-12)28-19-22-14-4-2-3-5-15(14)23-19/h2-11H,1H3,(H,22,23)(H,24,26). The molecule has 8 heteroatoms. The Morgan fingerprint density at radius 2 is 1.82 bits per heavy atom. The van der Waals surface area contributed by atoms with Crippen LogP contribution in [-0.4, -0.2) is 31.6 Å². The number of aromatic amines is 2. The summed E-state index contributed by atoms with van der Waals surface area (Å²) in [7, 11) is 1.55. The van der Waals surface area contributed by atoms with Gasteiger partial charge in [-0.15, -0.1) is 0 Å². The van der Waals surface area contributed by atoms with Gasteiger partial charge in [-0.05, 0) is 36.4 Å². The minimum absolute atomic E-state index is 0.294. The van der Waals surface area contributed by atoms with E-state index < -0.39 is 0 Å². The van der Waals surface area contributed by atoms with Gasteiger partial charge < -0.3 is 19.4 Å². The second kappa shape index (κ2) is 6.27. The number of methoxy groups -OCH3 is 1. The number of hydrogen-bond donors (Lipinski definition) is 2. The van der Waals surface area contributed by atoms with E-state index in [4.69, 9.17) is 9.47 Å². The first-order valence-electron chi connectivity index (χ1n) is 8.60. The number of aromatic nitrogens is 5. The number of fused-ring (bicyclic) bond motifs is 2. The Labute approximate surface area is 158 Å². The second-order valence-corrected chi connectivity index (χ2v) is 6.13. The number of benzene rings is 2. The van der Waals surface area contributed by atoms with Gasteiger partial charge >= 0.3 is 5.69 Å². The van der Waals surface area contributed by atoms with Gasteiger partial charge in [-0.2, -0.15) is 4.98 Å². The maximum atomic E-state index is 12.4. The molecule has 0 saturated carbocycles. The van der Waals surface area contributed by atoms with Crippen LogP contribution in [0.1, 0.15) is 0 Å². The minimum Gasteiger partial charge on any atom is -0.494 e. The zero-order valence-corrected chi connectivity index (χ0v) is 14.8. The molecule has 0 spiro atoms. The highest BCUT2D eigenvalue weighted by Crippen LogP contribution is 2.25. The molecular weight excluding hydrogens is 358 g/mol. The van der Waals surface area contributed by atoms with E-state index in [2.05, 4.69) is 19.9 Å². The topological polar surface area (TPSA) is 97.8 Å². The summed E-state index contributed by atoms with van der Waals surface area (Å²) in [6.07, 6.45) is 1.60. The van der Waals surface area contributed by atoms with Crippen molar-refractivity contribution < 1.29 is 9.47 Å². The van der Waals surface area contributed by atoms with Crippen LogP contribution in [0.15, 0.2) is 65.6 Å². The Morgan fingerprint density at radius 3 is 2.61 bits per heavy atom. The summed E-state index contributed by atoms with van der Waals surface area (Å²) < 4.78 is 12.6. The number of ether oxygens (including phenoxy) is 2. The third-order valence-corrected chi connectivity index (χ3v) is 4.44. The van der Waals surface area contributed by atoms with Crippen molar-refractivity contribution in [2.75, 3.05) is 7.11 Å². The fourth-order valence-corrected chi connectivity index (χ4v) is 3.14. The monoisotopic (exact) mass is 373 g/mol. The van der Waals surface area contributed by atoms with E-state index in [0.717, 1.165) is 11.0 Å². The third kappa shape index (κ3) is 2.59. The van der Waals surface area contributed by atoms with Gasteiger partial charge in [0.2, 0.25) is 0 Å². The number of pyridine rings is 1. The van der Waals surface area contributed by atoms with Gasteiger partial charge in [0.25, 0.3) is 6.01 Å².